The van der Waals surface area contributed by atoms with Gasteiger partial charge in [-0.15, -0.1) is 0 Å². The van der Waals surface area contributed by atoms with Crippen LogP contribution in [0.1, 0.15) is 42.1 Å². The third-order valence-corrected chi connectivity index (χ3v) is 4.59. The molecule has 0 aliphatic heterocycles. The fourth-order valence-corrected chi connectivity index (χ4v) is 2.72. The molecule has 2 aromatic rings. The largest absolute Gasteiger partial charge is 0.356 e. The van der Waals surface area contributed by atoms with Crippen molar-refractivity contribution >= 4 is 39.2 Å². The van der Waals surface area contributed by atoms with Gasteiger partial charge in [0.1, 0.15) is 0 Å². The molecule has 142 valence electrons. The van der Waals surface area contributed by atoms with Gasteiger partial charge in [0, 0.05) is 41.5 Å². The molecule has 0 spiro atoms. The van der Waals surface area contributed by atoms with Crippen molar-refractivity contribution in [1.29, 1.82) is 0 Å². The number of ketones is 1. The summed E-state index contributed by atoms with van der Waals surface area (Å²) in [4.78, 5) is 35.8. The average molecular weight is 431 g/mol. The van der Waals surface area contributed by atoms with E-state index in [0.717, 1.165) is 10.9 Å². The van der Waals surface area contributed by atoms with E-state index in [9.17, 15) is 14.4 Å². The zero-order chi connectivity index (χ0) is 19.6. The van der Waals surface area contributed by atoms with Gasteiger partial charge in [-0.05, 0) is 36.2 Å². The smallest absolute Gasteiger partial charge is 0.226 e. The maximum Gasteiger partial charge on any atom is 0.226 e. The van der Waals surface area contributed by atoms with Gasteiger partial charge in [0.15, 0.2) is 5.78 Å². The second-order valence-electron chi connectivity index (χ2n) is 6.13. The molecule has 0 saturated carbocycles. The van der Waals surface area contributed by atoms with Crippen LogP contribution < -0.4 is 10.6 Å². The number of nitrogens with one attached hydrogen (secondary N) is 2. The Morgan fingerprint density at radius 3 is 2.15 bits per heavy atom. The zero-order valence-corrected chi connectivity index (χ0v) is 16.8. The van der Waals surface area contributed by atoms with Gasteiger partial charge in [-0.3, -0.25) is 14.4 Å². The first-order chi connectivity index (χ1) is 13.0. The topological polar surface area (TPSA) is 75.3 Å². The van der Waals surface area contributed by atoms with Gasteiger partial charge >= 0.3 is 0 Å². The lowest BCUT2D eigenvalue weighted by Gasteiger charge is -2.07. The van der Waals surface area contributed by atoms with Crippen molar-refractivity contribution in [2.75, 3.05) is 11.9 Å². The highest BCUT2D eigenvalue weighted by atomic mass is 79.9. The van der Waals surface area contributed by atoms with Gasteiger partial charge in [0.25, 0.3) is 0 Å². The molecular formula is C21H23BrN2O3. The maximum atomic E-state index is 12.1. The normalized spacial score (nSPS) is 10.3. The molecule has 27 heavy (non-hydrogen) atoms. The Kier molecular flexibility index (Phi) is 8.20. The summed E-state index contributed by atoms with van der Waals surface area (Å²) in [6.07, 6.45) is 1.37. The minimum atomic E-state index is -0.232. The van der Waals surface area contributed by atoms with Crippen LogP contribution >= 0.6 is 15.9 Å². The van der Waals surface area contributed by atoms with E-state index in [4.69, 9.17) is 0 Å². The third-order valence-electron chi connectivity index (χ3n) is 4.07. The summed E-state index contributed by atoms with van der Waals surface area (Å²) >= 11 is 3.33. The van der Waals surface area contributed by atoms with Crippen molar-refractivity contribution in [3.63, 3.8) is 0 Å². The highest BCUT2D eigenvalue weighted by Crippen LogP contribution is 2.14. The van der Waals surface area contributed by atoms with Crippen LogP contribution in [0, 0.1) is 0 Å². The number of benzene rings is 2. The Hall–Kier alpha value is -2.47. The number of anilines is 1. The Balaban J connectivity index is 1.65. The number of amides is 2. The Labute approximate surface area is 167 Å². The summed E-state index contributed by atoms with van der Waals surface area (Å²) in [6.45, 7) is 2.29. The van der Waals surface area contributed by atoms with E-state index in [1.54, 1.807) is 24.3 Å². The van der Waals surface area contributed by atoms with Gasteiger partial charge < -0.3 is 10.6 Å². The monoisotopic (exact) mass is 430 g/mol. The van der Waals surface area contributed by atoms with Crippen LogP contribution in [-0.2, 0) is 16.0 Å². The molecule has 0 unspecified atom stereocenters. The lowest BCUT2D eigenvalue weighted by Crippen LogP contribution is -2.27. The molecule has 0 aliphatic carbocycles. The van der Waals surface area contributed by atoms with Gasteiger partial charge in [0.05, 0.1) is 0 Å². The van der Waals surface area contributed by atoms with Crippen LogP contribution in [0.5, 0.6) is 0 Å². The Bertz CT molecular complexity index is 786. The quantitative estimate of drug-likeness (QED) is 0.587. The maximum absolute atomic E-state index is 12.1. The van der Waals surface area contributed by atoms with Crippen molar-refractivity contribution in [3.8, 4) is 0 Å². The van der Waals surface area contributed by atoms with Crippen LogP contribution in [0.4, 0.5) is 5.69 Å². The standard InChI is InChI=1S/C21H23BrN2O3/c1-2-15-3-5-16(6-4-15)19(25)11-12-20(26)23-14-13-21(27)24-18-9-7-17(22)8-10-18/h3-10H,2,11-14H2,1H3,(H,23,26)(H,24,27). The number of rotatable bonds is 9. The molecule has 6 heteroatoms. The fourth-order valence-electron chi connectivity index (χ4n) is 2.46. The molecule has 2 rings (SSSR count). The molecule has 0 bridgehead atoms. The Morgan fingerprint density at radius 1 is 0.852 bits per heavy atom. The highest BCUT2D eigenvalue weighted by molar-refractivity contribution is 9.10. The number of halogens is 1. The van der Waals surface area contributed by atoms with E-state index < -0.39 is 0 Å². The predicted molar refractivity (Wildman–Crippen MR) is 110 cm³/mol. The molecule has 0 heterocycles. The molecule has 2 amide bonds. The minimum absolute atomic E-state index is 0.0548. The number of aryl methyl sites for hydroxylation is 1. The molecule has 0 atom stereocenters. The van der Waals surface area contributed by atoms with E-state index in [1.807, 2.05) is 24.3 Å². The van der Waals surface area contributed by atoms with Gasteiger partial charge in [-0.2, -0.15) is 0 Å². The lowest BCUT2D eigenvalue weighted by atomic mass is 10.0. The Morgan fingerprint density at radius 2 is 1.52 bits per heavy atom. The molecule has 5 nitrogen and oxygen atoms in total. The predicted octanol–water partition coefficient (Wildman–Crippen LogP) is 4.12. The molecule has 0 fully saturated rings. The van der Waals surface area contributed by atoms with Crippen LogP contribution in [-0.4, -0.2) is 24.1 Å². The third kappa shape index (κ3) is 7.35. The van der Waals surface area contributed by atoms with Crippen molar-refractivity contribution in [3.05, 3.63) is 64.1 Å². The first kappa shape index (κ1) is 20.8. The molecule has 0 aromatic heterocycles. The van der Waals surface area contributed by atoms with Crippen LogP contribution in [0.25, 0.3) is 0 Å². The number of carbonyl (C=O) groups excluding carboxylic acids is 3. The molecular weight excluding hydrogens is 408 g/mol. The summed E-state index contributed by atoms with van der Waals surface area (Å²) in [5.41, 5.74) is 2.49. The SMILES string of the molecule is CCc1ccc(C(=O)CCC(=O)NCCC(=O)Nc2ccc(Br)cc2)cc1. The summed E-state index contributed by atoms with van der Waals surface area (Å²) in [5.74, 6) is -0.463. The summed E-state index contributed by atoms with van der Waals surface area (Å²) in [7, 11) is 0. The van der Waals surface area contributed by atoms with E-state index in [-0.39, 0.29) is 43.4 Å². The van der Waals surface area contributed by atoms with Crippen molar-refractivity contribution < 1.29 is 14.4 Å². The summed E-state index contributed by atoms with van der Waals surface area (Å²) in [6, 6.07) is 14.7. The number of Topliss-reactive ketones (excluding diaryl/α,β-unsaturated/α-hetero) is 1. The molecule has 0 radical (unpaired) electrons. The molecule has 0 saturated heterocycles. The highest BCUT2D eigenvalue weighted by Gasteiger charge is 2.10. The van der Waals surface area contributed by atoms with Gasteiger partial charge in [-0.1, -0.05) is 47.1 Å². The van der Waals surface area contributed by atoms with Crippen molar-refractivity contribution in [2.45, 2.75) is 32.6 Å². The van der Waals surface area contributed by atoms with Crippen molar-refractivity contribution in [2.24, 2.45) is 0 Å². The van der Waals surface area contributed by atoms with Crippen molar-refractivity contribution in [1.82, 2.24) is 5.32 Å². The van der Waals surface area contributed by atoms with E-state index >= 15 is 0 Å². The first-order valence-electron chi connectivity index (χ1n) is 8.92. The molecule has 2 aromatic carbocycles. The van der Waals surface area contributed by atoms with Gasteiger partial charge in [0.2, 0.25) is 11.8 Å². The van der Waals surface area contributed by atoms with Crippen LogP contribution in [0.15, 0.2) is 53.0 Å². The summed E-state index contributed by atoms with van der Waals surface area (Å²) in [5, 5.41) is 5.43. The van der Waals surface area contributed by atoms with Gasteiger partial charge in [-0.25, -0.2) is 0 Å². The van der Waals surface area contributed by atoms with Crippen LogP contribution in [0.2, 0.25) is 0 Å². The number of hydrogen-bond donors (Lipinski definition) is 2. The minimum Gasteiger partial charge on any atom is -0.356 e. The lowest BCUT2D eigenvalue weighted by molar-refractivity contribution is -0.121. The number of hydrogen-bond acceptors (Lipinski definition) is 3. The fraction of sp³-hybridized carbons (Fsp3) is 0.286. The van der Waals surface area contributed by atoms with E-state index in [1.165, 1.54) is 5.56 Å². The van der Waals surface area contributed by atoms with E-state index in [2.05, 4.69) is 33.5 Å². The first-order valence-corrected chi connectivity index (χ1v) is 9.71. The average Bonchev–Trinajstić information content (AvgIpc) is 2.68. The number of carbonyl (C=O) groups is 3. The second kappa shape index (κ2) is 10.6. The molecule has 2 N–H and O–H groups in total. The summed E-state index contributed by atoms with van der Waals surface area (Å²) < 4.78 is 0.934. The zero-order valence-electron chi connectivity index (χ0n) is 15.3. The van der Waals surface area contributed by atoms with Crippen LogP contribution in [0.3, 0.4) is 0 Å². The van der Waals surface area contributed by atoms with E-state index in [0.29, 0.717) is 11.3 Å². The second-order valence-corrected chi connectivity index (χ2v) is 7.04. The molecule has 0 aliphatic rings.